The van der Waals surface area contributed by atoms with Crippen molar-refractivity contribution in [2.24, 2.45) is 5.92 Å². The molecule has 0 bridgehead atoms. The zero-order valence-electron chi connectivity index (χ0n) is 13.8. The fourth-order valence-electron chi connectivity index (χ4n) is 2.99. The number of carbonyl (C=O) groups is 2. The number of carbonyl (C=O) groups excluding carboxylic acids is 2. The van der Waals surface area contributed by atoms with E-state index in [1.165, 1.54) is 22.8 Å². The van der Waals surface area contributed by atoms with Crippen LogP contribution < -0.4 is 10.6 Å². The van der Waals surface area contributed by atoms with Crippen LogP contribution in [0.25, 0.3) is 0 Å². The topological polar surface area (TPSA) is 122 Å². The first-order valence-electron chi connectivity index (χ1n) is 7.74. The number of amides is 2. The third-order valence-electron chi connectivity index (χ3n) is 4.32. The average Bonchev–Trinajstić information content (AvgIpc) is 3.14. The number of alkyl halides is 3. The van der Waals surface area contributed by atoms with Crippen LogP contribution in [-0.2, 0) is 0 Å². The minimum absolute atomic E-state index is 0.00182. The molecule has 1 saturated heterocycles. The number of nitro groups is 1. The van der Waals surface area contributed by atoms with E-state index in [1.54, 1.807) is 0 Å². The van der Waals surface area contributed by atoms with E-state index < -0.39 is 40.6 Å². The predicted octanol–water partition coefficient (Wildman–Crippen LogP) is 2.76. The maximum Gasteiger partial charge on any atom is 0.437 e. The first-order valence-corrected chi connectivity index (χ1v) is 8.62. The molecule has 1 aromatic heterocycles. The van der Waals surface area contributed by atoms with E-state index in [9.17, 15) is 38.0 Å². The van der Waals surface area contributed by atoms with Gasteiger partial charge in [0.25, 0.3) is 5.69 Å². The lowest BCUT2D eigenvalue weighted by molar-refractivity contribution is -0.384. The SMILES string of the molecule is O=C1N[C@@H](c2ccc([N+](=O)[O-])cc2)[C@@H](C(=O)c2cccs2)[C@@](O)(C(F)(F)F)N1. The molecular weight excluding hydrogens is 403 g/mol. The maximum absolute atomic E-state index is 13.7. The summed E-state index contributed by atoms with van der Waals surface area (Å²) in [4.78, 5) is 34.7. The number of hydrogen-bond donors (Lipinski definition) is 3. The van der Waals surface area contributed by atoms with Crippen molar-refractivity contribution in [1.29, 1.82) is 0 Å². The number of aliphatic hydroxyl groups is 1. The van der Waals surface area contributed by atoms with E-state index >= 15 is 0 Å². The summed E-state index contributed by atoms with van der Waals surface area (Å²) in [6.07, 6.45) is -5.36. The fourth-order valence-corrected chi connectivity index (χ4v) is 3.70. The normalized spacial score (nSPS) is 24.9. The number of ketones is 1. The van der Waals surface area contributed by atoms with E-state index in [0.29, 0.717) is 0 Å². The minimum atomic E-state index is -5.36. The van der Waals surface area contributed by atoms with E-state index in [2.05, 4.69) is 5.32 Å². The van der Waals surface area contributed by atoms with Gasteiger partial charge in [-0.05, 0) is 17.0 Å². The molecule has 1 aliphatic rings. The highest BCUT2D eigenvalue weighted by atomic mass is 32.1. The summed E-state index contributed by atoms with van der Waals surface area (Å²) in [5.41, 5.74) is -4.16. The molecule has 0 saturated carbocycles. The van der Waals surface area contributed by atoms with Crippen molar-refractivity contribution in [3.63, 3.8) is 0 Å². The van der Waals surface area contributed by atoms with Crippen LogP contribution in [-0.4, -0.2) is 33.7 Å². The number of Topliss-reactive ketones (excluding diaryl/α,β-unsaturated/α-hetero) is 1. The maximum atomic E-state index is 13.7. The molecule has 28 heavy (non-hydrogen) atoms. The second kappa shape index (κ2) is 6.87. The number of nitrogens with one attached hydrogen (secondary N) is 2. The number of non-ortho nitro benzene ring substituents is 1. The number of benzene rings is 1. The zero-order chi connectivity index (χ0) is 20.7. The molecule has 148 valence electrons. The van der Waals surface area contributed by atoms with Gasteiger partial charge in [0.1, 0.15) is 5.92 Å². The molecule has 8 nitrogen and oxygen atoms in total. The molecule has 1 fully saturated rings. The van der Waals surface area contributed by atoms with Crippen molar-refractivity contribution >= 4 is 28.8 Å². The summed E-state index contributed by atoms with van der Waals surface area (Å²) >= 11 is 0.883. The number of nitro benzene ring substituents is 1. The highest BCUT2D eigenvalue weighted by Crippen LogP contribution is 2.44. The average molecular weight is 415 g/mol. The van der Waals surface area contributed by atoms with E-state index in [0.717, 1.165) is 35.6 Å². The van der Waals surface area contributed by atoms with E-state index in [-0.39, 0.29) is 16.1 Å². The van der Waals surface area contributed by atoms with Crippen LogP contribution in [0.2, 0.25) is 0 Å². The molecule has 3 N–H and O–H groups in total. The first-order chi connectivity index (χ1) is 13.0. The minimum Gasteiger partial charge on any atom is -0.363 e. The molecule has 2 heterocycles. The van der Waals surface area contributed by atoms with Gasteiger partial charge in [0.2, 0.25) is 5.72 Å². The number of urea groups is 1. The Hall–Kier alpha value is -2.99. The monoisotopic (exact) mass is 415 g/mol. The molecule has 1 aromatic carbocycles. The summed E-state index contributed by atoms with van der Waals surface area (Å²) in [5.74, 6) is -3.20. The van der Waals surface area contributed by atoms with Gasteiger partial charge in [-0.1, -0.05) is 18.2 Å². The zero-order valence-corrected chi connectivity index (χ0v) is 14.6. The lowest BCUT2D eigenvalue weighted by Crippen LogP contribution is -2.72. The van der Waals surface area contributed by atoms with Crippen molar-refractivity contribution in [1.82, 2.24) is 10.6 Å². The van der Waals surface area contributed by atoms with E-state index in [1.807, 2.05) is 0 Å². The molecule has 3 rings (SSSR count). The molecule has 0 spiro atoms. The van der Waals surface area contributed by atoms with Crippen LogP contribution in [0.4, 0.5) is 23.7 Å². The summed E-state index contributed by atoms with van der Waals surface area (Å²) in [6.45, 7) is 0. The Balaban J connectivity index is 2.12. The van der Waals surface area contributed by atoms with Crippen molar-refractivity contribution in [3.05, 3.63) is 62.3 Å². The predicted molar refractivity (Wildman–Crippen MR) is 90.6 cm³/mol. The highest BCUT2D eigenvalue weighted by Gasteiger charge is 2.66. The van der Waals surface area contributed by atoms with E-state index in [4.69, 9.17) is 0 Å². The standard InChI is InChI=1S/C16H12F3N3O5S/c17-16(18,19)15(25)11(13(23)10-2-1-7-28-10)12(20-14(24)21-15)8-3-5-9(6-4-8)22(26)27/h1-7,11-12,25H,(H2,20,21,24)/t11-,12-,15+/m0/s1. The van der Waals surface area contributed by atoms with Crippen LogP contribution in [0.1, 0.15) is 21.3 Å². The Bertz CT molecular complexity index is 917. The Kier molecular flexibility index (Phi) is 4.85. The third-order valence-corrected chi connectivity index (χ3v) is 5.20. The van der Waals surface area contributed by atoms with Gasteiger partial charge in [-0.3, -0.25) is 14.9 Å². The molecule has 1 aliphatic heterocycles. The largest absolute Gasteiger partial charge is 0.437 e. The smallest absolute Gasteiger partial charge is 0.363 e. The molecule has 3 atom stereocenters. The van der Waals surface area contributed by atoms with Gasteiger partial charge in [-0.25, -0.2) is 4.79 Å². The van der Waals surface area contributed by atoms with Crippen molar-refractivity contribution < 1.29 is 32.8 Å². The van der Waals surface area contributed by atoms with Gasteiger partial charge in [0, 0.05) is 12.1 Å². The van der Waals surface area contributed by atoms with Crippen LogP contribution in [0, 0.1) is 16.0 Å². The van der Waals surface area contributed by atoms with Gasteiger partial charge in [0.05, 0.1) is 15.8 Å². The summed E-state index contributed by atoms with van der Waals surface area (Å²) in [5, 5.41) is 26.2. The van der Waals surface area contributed by atoms with Gasteiger partial charge in [0.15, 0.2) is 5.78 Å². The summed E-state index contributed by atoms with van der Waals surface area (Å²) in [7, 11) is 0. The molecule has 0 radical (unpaired) electrons. The third kappa shape index (κ3) is 3.31. The van der Waals surface area contributed by atoms with Gasteiger partial charge in [-0.2, -0.15) is 13.2 Å². The van der Waals surface area contributed by atoms with Crippen LogP contribution in [0.5, 0.6) is 0 Å². The summed E-state index contributed by atoms with van der Waals surface area (Å²) < 4.78 is 41.0. The van der Waals surface area contributed by atoms with Crippen molar-refractivity contribution in [2.45, 2.75) is 17.9 Å². The van der Waals surface area contributed by atoms with Crippen LogP contribution >= 0.6 is 11.3 Å². The Morgan fingerprint density at radius 1 is 1.25 bits per heavy atom. The molecule has 0 aliphatic carbocycles. The van der Waals surface area contributed by atoms with Crippen molar-refractivity contribution in [2.75, 3.05) is 0 Å². The molecule has 0 unspecified atom stereocenters. The van der Waals surface area contributed by atoms with Crippen molar-refractivity contribution in [3.8, 4) is 0 Å². The van der Waals surface area contributed by atoms with Gasteiger partial charge < -0.3 is 15.7 Å². The number of halogens is 3. The number of thiophene rings is 1. The summed E-state index contributed by atoms with van der Waals surface area (Å²) in [6, 6.07) is 4.16. The first kappa shape index (κ1) is 19.8. The second-order valence-electron chi connectivity index (χ2n) is 6.01. The molecular formula is C16H12F3N3O5S. The Morgan fingerprint density at radius 3 is 2.39 bits per heavy atom. The van der Waals surface area contributed by atoms with Gasteiger partial charge in [-0.15, -0.1) is 11.3 Å². The lowest BCUT2D eigenvalue weighted by Gasteiger charge is -2.44. The number of hydrogen-bond acceptors (Lipinski definition) is 6. The molecule has 2 aromatic rings. The Morgan fingerprint density at radius 2 is 1.89 bits per heavy atom. The van der Waals surface area contributed by atoms with Gasteiger partial charge >= 0.3 is 12.2 Å². The quantitative estimate of drug-likeness (QED) is 0.403. The van der Waals surface area contributed by atoms with Crippen LogP contribution in [0.3, 0.4) is 0 Å². The second-order valence-corrected chi connectivity index (χ2v) is 6.96. The molecule has 12 heteroatoms. The lowest BCUT2D eigenvalue weighted by atomic mass is 9.78. The molecule has 2 amide bonds. The highest BCUT2D eigenvalue weighted by molar-refractivity contribution is 7.12. The van der Waals surface area contributed by atoms with Crippen LogP contribution in [0.15, 0.2) is 41.8 Å². The Labute approximate surface area is 159 Å². The number of nitrogens with zero attached hydrogens (tertiary/aromatic N) is 1. The number of rotatable bonds is 4. The fraction of sp³-hybridized carbons (Fsp3) is 0.250.